The molecule has 0 radical (unpaired) electrons. The highest BCUT2D eigenvalue weighted by Gasteiger charge is 2.18. The molecule has 6 nitrogen and oxygen atoms in total. The number of ether oxygens (including phenoxy) is 2. The van der Waals surface area contributed by atoms with Crippen LogP contribution < -0.4 is 10.6 Å². The molecule has 0 unspecified atom stereocenters. The van der Waals surface area contributed by atoms with Crippen molar-refractivity contribution in [2.24, 2.45) is 0 Å². The monoisotopic (exact) mass is 386 g/mol. The summed E-state index contributed by atoms with van der Waals surface area (Å²) in [6.07, 6.45) is -1.11. The van der Waals surface area contributed by atoms with Crippen LogP contribution in [0.3, 0.4) is 0 Å². The van der Waals surface area contributed by atoms with E-state index in [1.807, 2.05) is 24.3 Å². The summed E-state index contributed by atoms with van der Waals surface area (Å²) in [6, 6.07) is 12.7. The summed E-state index contributed by atoms with van der Waals surface area (Å²) in [7, 11) is 0. The molecular weight excluding hydrogens is 368 g/mol. The first kappa shape index (κ1) is 18.8. The zero-order valence-electron chi connectivity index (χ0n) is 15.0. The van der Waals surface area contributed by atoms with Crippen molar-refractivity contribution in [3.63, 3.8) is 0 Å². The molecule has 0 aliphatic carbocycles. The summed E-state index contributed by atoms with van der Waals surface area (Å²) in [6.45, 7) is 3.99. The highest BCUT2D eigenvalue weighted by molar-refractivity contribution is 6.33. The van der Waals surface area contributed by atoms with E-state index in [9.17, 15) is 9.59 Å². The van der Waals surface area contributed by atoms with Crippen LogP contribution in [0.25, 0.3) is 21.5 Å². The van der Waals surface area contributed by atoms with Crippen molar-refractivity contribution in [3.8, 4) is 0 Å². The molecule has 3 aromatic rings. The molecule has 0 spiro atoms. The molecule has 2 N–H and O–H groups in total. The molecular formula is C20H19ClN2O4. The molecule has 0 heterocycles. The standard InChI is InChI=1S/C20H19ClN2O4/c1-3-26-19(24)22-17-13-7-5-6-8-14(13)18(23-20(25)27-4-2)16-11-12(21)9-10-15(16)17/h5-11H,3-4H2,1-2H3,(H,22,24)(H,23,25). The predicted molar refractivity (Wildman–Crippen MR) is 108 cm³/mol. The number of carbonyl (C=O) groups is 2. The Kier molecular flexibility index (Phi) is 5.66. The van der Waals surface area contributed by atoms with E-state index in [0.717, 1.165) is 16.2 Å². The van der Waals surface area contributed by atoms with Crippen molar-refractivity contribution in [1.82, 2.24) is 0 Å². The van der Waals surface area contributed by atoms with Gasteiger partial charge in [-0.25, -0.2) is 9.59 Å². The van der Waals surface area contributed by atoms with Crippen molar-refractivity contribution < 1.29 is 19.1 Å². The molecule has 0 bridgehead atoms. The quantitative estimate of drug-likeness (QED) is 0.440. The number of hydrogen-bond acceptors (Lipinski definition) is 4. The van der Waals surface area contributed by atoms with E-state index < -0.39 is 12.2 Å². The normalized spacial score (nSPS) is 10.6. The molecule has 0 fully saturated rings. The third-order valence-corrected chi connectivity index (χ3v) is 4.23. The Labute approximate surface area is 161 Å². The van der Waals surface area contributed by atoms with Crippen molar-refractivity contribution in [1.29, 1.82) is 0 Å². The van der Waals surface area contributed by atoms with Gasteiger partial charge in [0.15, 0.2) is 0 Å². The molecule has 27 heavy (non-hydrogen) atoms. The first-order chi connectivity index (χ1) is 13.0. The highest BCUT2D eigenvalue weighted by Crippen LogP contribution is 2.41. The summed E-state index contributed by atoms with van der Waals surface area (Å²) in [5.74, 6) is 0. The van der Waals surface area contributed by atoms with Gasteiger partial charge in [-0.3, -0.25) is 10.6 Å². The zero-order chi connectivity index (χ0) is 19.4. The fraction of sp³-hybridized carbons (Fsp3) is 0.200. The molecule has 3 rings (SSSR count). The van der Waals surface area contributed by atoms with Gasteiger partial charge in [-0.1, -0.05) is 41.9 Å². The van der Waals surface area contributed by atoms with Crippen LogP contribution in [-0.2, 0) is 9.47 Å². The highest BCUT2D eigenvalue weighted by atomic mass is 35.5. The van der Waals surface area contributed by atoms with Crippen LogP contribution in [0.2, 0.25) is 5.02 Å². The summed E-state index contributed by atoms with van der Waals surface area (Å²) in [4.78, 5) is 24.1. The van der Waals surface area contributed by atoms with Gasteiger partial charge in [0.05, 0.1) is 24.6 Å². The molecule has 0 aliphatic rings. The van der Waals surface area contributed by atoms with Gasteiger partial charge in [0.1, 0.15) is 0 Å². The molecule has 3 aromatic carbocycles. The maximum atomic E-state index is 12.1. The smallest absolute Gasteiger partial charge is 0.411 e. The van der Waals surface area contributed by atoms with E-state index in [0.29, 0.717) is 21.8 Å². The average molecular weight is 387 g/mol. The second-order valence-electron chi connectivity index (χ2n) is 5.68. The Morgan fingerprint density at radius 2 is 1.30 bits per heavy atom. The number of hydrogen-bond donors (Lipinski definition) is 2. The summed E-state index contributed by atoms with van der Waals surface area (Å²) >= 11 is 6.19. The molecule has 0 aliphatic heterocycles. The molecule has 0 saturated carbocycles. The van der Waals surface area contributed by atoms with Gasteiger partial charge in [0, 0.05) is 26.6 Å². The lowest BCUT2D eigenvalue weighted by Crippen LogP contribution is -2.16. The SMILES string of the molecule is CCOC(=O)Nc1c2ccccc2c(NC(=O)OCC)c2cc(Cl)ccc12. The number of carbonyl (C=O) groups excluding carboxylic acids is 2. The Balaban J connectivity index is 2.29. The molecule has 0 saturated heterocycles. The first-order valence-corrected chi connectivity index (χ1v) is 8.94. The van der Waals surface area contributed by atoms with Gasteiger partial charge < -0.3 is 9.47 Å². The fourth-order valence-electron chi connectivity index (χ4n) is 2.96. The van der Waals surface area contributed by atoms with Crippen molar-refractivity contribution >= 4 is 56.7 Å². The maximum Gasteiger partial charge on any atom is 0.411 e. The van der Waals surface area contributed by atoms with E-state index in [-0.39, 0.29) is 13.2 Å². The van der Waals surface area contributed by atoms with E-state index in [2.05, 4.69) is 10.6 Å². The number of benzene rings is 3. The fourth-order valence-corrected chi connectivity index (χ4v) is 3.13. The number of fused-ring (bicyclic) bond motifs is 2. The van der Waals surface area contributed by atoms with Crippen molar-refractivity contribution in [3.05, 3.63) is 47.5 Å². The molecule has 0 atom stereocenters. The number of rotatable bonds is 4. The van der Waals surface area contributed by atoms with Gasteiger partial charge in [0.2, 0.25) is 0 Å². The number of anilines is 2. The summed E-state index contributed by atoms with van der Waals surface area (Å²) in [5, 5.41) is 9.01. The first-order valence-electron chi connectivity index (χ1n) is 8.56. The van der Waals surface area contributed by atoms with E-state index >= 15 is 0 Å². The molecule has 140 valence electrons. The Morgan fingerprint density at radius 1 is 0.815 bits per heavy atom. The van der Waals surface area contributed by atoms with E-state index in [4.69, 9.17) is 21.1 Å². The lowest BCUT2D eigenvalue weighted by atomic mass is 9.98. The average Bonchev–Trinajstić information content (AvgIpc) is 2.64. The van der Waals surface area contributed by atoms with E-state index in [1.54, 1.807) is 32.0 Å². The van der Waals surface area contributed by atoms with Crippen LogP contribution in [-0.4, -0.2) is 25.4 Å². The summed E-state index contributed by atoms with van der Waals surface area (Å²) < 4.78 is 10.1. The lowest BCUT2D eigenvalue weighted by molar-refractivity contribution is 0.167. The van der Waals surface area contributed by atoms with Gasteiger partial charge in [-0.2, -0.15) is 0 Å². The minimum absolute atomic E-state index is 0.255. The topological polar surface area (TPSA) is 76.7 Å². The van der Waals surface area contributed by atoms with Crippen LogP contribution in [0.5, 0.6) is 0 Å². The van der Waals surface area contributed by atoms with Gasteiger partial charge in [-0.05, 0) is 26.0 Å². The largest absolute Gasteiger partial charge is 0.450 e. The second kappa shape index (κ2) is 8.14. The minimum atomic E-state index is -0.560. The van der Waals surface area contributed by atoms with Crippen LogP contribution in [0.4, 0.5) is 21.0 Å². The predicted octanol–water partition coefficient (Wildman–Crippen LogP) is 5.78. The number of halogens is 1. The Bertz CT molecular complexity index is 1020. The van der Waals surface area contributed by atoms with Crippen LogP contribution in [0.1, 0.15) is 13.8 Å². The molecule has 2 amide bonds. The lowest BCUT2D eigenvalue weighted by Gasteiger charge is -2.18. The second-order valence-corrected chi connectivity index (χ2v) is 6.11. The van der Waals surface area contributed by atoms with Crippen molar-refractivity contribution in [2.45, 2.75) is 13.8 Å². The molecule has 0 aromatic heterocycles. The van der Waals surface area contributed by atoms with Crippen LogP contribution in [0.15, 0.2) is 42.5 Å². The van der Waals surface area contributed by atoms with Gasteiger partial charge in [-0.15, -0.1) is 0 Å². The van der Waals surface area contributed by atoms with Gasteiger partial charge >= 0.3 is 12.2 Å². The number of nitrogens with one attached hydrogen (secondary N) is 2. The van der Waals surface area contributed by atoms with Crippen LogP contribution in [0, 0.1) is 0 Å². The number of amides is 2. The third-order valence-electron chi connectivity index (χ3n) is 3.99. The van der Waals surface area contributed by atoms with Crippen molar-refractivity contribution in [2.75, 3.05) is 23.8 Å². The summed E-state index contributed by atoms with van der Waals surface area (Å²) in [5.41, 5.74) is 1.15. The Hall–Kier alpha value is -2.99. The maximum absolute atomic E-state index is 12.1. The zero-order valence-corrected chi connectivity index (χ0v) is 15.7. The third kappa shape index (κ3) is 3.90. The van der Waals surface area contributed by atoms with Crippen LogP contribution >= 0.6 is 11.6 Å². The minimum Gasteiger partial charge on any atom is -0.450 e. The van der Waals surface area contributed by atoms with Gasteiger partial charge in [0.25, 0.3) is 0 Å². The van der Waals surface area contributed by atoms with E-state index in [1.165, 1.54) is 0 Å². The molecule has 7 heteroatoms. The Morgan fingerprint density at radius 3 is 1.81 bits per heavy atom.